The Balaban J connectivity index is 0.00000200. The lowest BCUT2D eigenvalue weighted by Crippen LogP contribution is -2.48. The molecule has 0 aliphatic heterocycles. The Morgan fingerprint density at radius 2 is 1.90 bits per heavy atom. The molecule has 20 heavy (non-hydrogen) atoms. The van der Waals surface area contributed by atoms with Crippen molar-refractivity contribution in [2.24, 2.45) is 23.5 Å². The van der Waals surface area contributed by atoms with Crippen LogP contribution in [0.5, 0.6) is 0 Å². The van der Waals surface area contributed by atoms with E-state index in [1.54, 1.807) is 0 Å². The molecule has 0 saturated heterocycles. The Morgan fingerprint density at radius 1 is 1.30 bits per heavy atom. The van der Waals surface area contributed by atoms with Crippen molar-refractivity contribution in [3.8, 4) is 0 Å². The van der Waals surface area contributed by atoms with Gasteiger partial charge < -0.3 is 11.1 Å². The monoisotopic (exact) mass is 320 g/mol. The lowest BCUT2D eigenvalue weighted by atomic mass is 9.84. The maximum absolute atomic E-state index is 12.4. The van der Waals surface area contributed by atoms with E-state index in [9.17, 15) is 4.79 Å². The summed E-state index contributed by atoms with van der Waals surface area (Å²) in [5.74, 6) is 1.43. The number of hydrogen-bond donors (Lipinski definition) is 2. The van der Waals surface area contributed by atoms with E-state index in [1.807, 2.05) is 11.8 Å². The van der Waals surface area contributed by atoms with E-state index in [-0.39, 0.29) is 35.0 Å². The quantitative estimate of drug-likeness (QED) is 0.791. The number of carbonyl (C=O) groups is 1. The molecular formula is C15H29ClN2OS. The predicted molar refractivity (Wildman–Crippen MR) is 89.4 cm³/mol. The SMILES string of the molecule is CCC(CC)(CNC(=O)C1C2CCC(C2)C1N)SC.Cl. The summed E-state index contributed by atoms with van der Waals surface area (Å²) in [7, 11) is 0. The second kappa shape index (κ2) is 7.37. The van der Waals surface area contributed by atoms with Gasteiger partial charge in [-0.1, -0.05) is 13.8 Å². The summed E-state index contributed by atoms with van der Waals surface area (Å²) in [5, 5.41) is 3.19. The van der Waals surface area contributed by atoms with Crippen LogP contribution in [0.15, 0.2) is 0 Å². The van der Waals surface area contributed by atoms with Gasteiger partial charge in [0.05, 0.1) is 5.92 Å². The van der Waals surface area contributed by atoms with Gasteiger partial charge in [0.15, 0.2) is 0 Å². The summed E-state index contributed by atoms with van der Waals surface area (Å²) in [5.41, 5.74) is 6.24. The minimum absolute atomic E-state index is 0. The van der Waals surface area contributed by atoms with Crippen LogP contribution in [-0.2, 0) is 4.79 Å². The van der Waals surface area contributed by atoms with Gasteiger partial charge in [-0.2, -0.15) is 11.8 Å². The number of amides is 1. The first-order chi connectivity index (χ1) is 9.06. The van der Waals surface area contributed by atoms with Crippen LogP contribution in [-0.4, -0.2) is 29.5 Å². The normalized spacial score (nSPS) is 32.0. The summed E-state index contributed by atoms with van der Waals surface area (Å²) in [6.07, 6.45) is 7.93. The van der Waals surface area contributed by atoms with Crippen molar-refractivity contribution in [1.29, 1.82) is 0 Å². The molecule has 118 valence electrons. The molecule has 2 aliphatic carbocycles. The van der Waals surface area contributed by atoms with E-state index < -0.39 is 0 Å². The van der Waals surface area contributed by atoms with E-state index >= 15 is 0 Å². The molecular weight excluding hydrogens is 292 g/mol. The third-order valence-electron chi connectivity index (χ3n) is 5.59. The largest absolute Gasteiger partial charge is 0.354 e. The molecule has 0 spiro atoms. The molecule has 2 saturated carbocycles. The van der Waals surface area contributed by atoms with Crippen LogP contribution >= 0.6 is 24.2 Å². The fourth-order valence-corrected chi connectivity index (χ4v) is 4.75. The molecule has 5 heteroatoms. The Kier molecular flexibility index (Phi) is 6.68. The maximum atomic E-state index is 12.4. The van der Waals surface area contributed by atoms with E-state index in [4.69, 9.17) is 5.73 Å². The molecule has 0 radical (unpaired) electrons. The average Bonchev–Trinajstić information content (AvgIpc) is 3.01. The third kappa shape index (κ3) is 3.28. The molecule has 0 heterocycles. The van der Waals surface area contributed by atoms with Crippen molar-refractivity contribution in [2.45, 2.75) is 56.7 Å². The summed E-state index contributed by atoms with van der Waals surface area (Å²) >= 11 is 1.87. The lowest BCUT2D eigenvalue weighted by molar-refractivity contribution is -0.127. The van der Waals surface area contributed by atoms with E-state index in [2.05, 4.69) is 25.4 Å². The highest BCUT2D eigenvalue weighted by Gasteiger charge is 2.49. The predicted octanol–water partition coefficient (Wildman–Crippen LogP) is 2.82. The second-order valence-corrected chi connectivity index (χ2v) is 7.52. The Labute approximate surface area is 133 Å². The highest BCUT2D eigenvalue weighted by molar-refractivity contribution is 8.00. The molecule has 2 aliphatic rings. The number of nitrogens with one attached hydrogen (secondary N) is 1. The molecule has 4 unspecified atom stereocenters. The smallest absolute Gasteiger partial charge is 0.225 e. The van der Waals surface area contributed by atoms with Gasteiger partial charge in [-0.05, 0) is 50.2 Å². The number of nitrogens with two attached hydrogens (primary N) is 1. The zero-order valence-electron chi connectivity index (χ0n) is 12.9. The number of fused-ring (bicyclic) bond motifs is 2. The van der Waals surface area contributed by atoms with Crippen molar-refractivity contribution >= 4 is 30.1 Å². The average molecular weight is 321 g/mol. The number of hydrogen-bond acceptors (Lipinski definition) is 3. The fourth-order valence-electron chi connectivity index (χ4n) is 3.95. The summed E-state index contributed by atoms with van der Waals surface area (Å²) in [6, 6.07) is 0.102. The summed E-state index contributed by atoms with van der Waals surface area (Å²) < 4.78 is 0.192. The highest BCUT2D eigenvalue weighted by atomic mass is 35.5. The van der Waals surface area contributed by atoms with Gasteiger partial charge in [-0.25, -0.2) is 0 Å². The summed E-state index contributed by atoms with van der Waals surface area (Å²) in [4.78, 5) is 12.4. The van der Waals surface area contributed by atoms with E-state index in [1.165, 1.54) is 19.3 Å². The van der Waals surface area contributed by atoms with Crippen molar-refractivity contribution in [3.05, 3.63) is 0 Å². The van der Waals surface area contributed by atoms with Crippen LogP contribution in [0, 0.1) is 17.8 Å². The zero-order valence-corrected chi connectivity index (χ0v) is 14.5. The number of carbonyl (C=O) groups excluding carboxylic acids is 1. The fraction of sp³-hybridized carbons (Fsp3) is 0.933. The van der Waals surface area contributed by atoms with Crippen molar-refractivity contribution in [2.75, 3.05) is 12.8 Å². The van der Waals surface area contributed by atoms with Gasteiger partial charge in [-0.15, -0.1) is 12.4 Å². The van der Waals surface area contributed by atoms with Crippen LogP contribution in [0.2, 0.25) is 0 Å². The van der Waals surface area contributed by atoms with Gasteiger partial charge in [0, 0.05) is 17.3 Å². The molecule has 4 atom stereocenters. The first kappa shape index (κ1) is 18.1. The molecule has 3 N–H and O–H groups in total. The van der Waals surface area contributed by atoms with Gasteiger partial charge in [0.2, 0.25) is 5.91 Å². The van der Waals surface area contributed by atoms with Gasteiger partial charge in [-0.3, -0.25) is 4.79 Å². The zero-order chi connectivity index (χ0) is 14.0. The van der Waals surface area contributed by atoms with Crippen molar-refractivity contribution in [3.63, 3.8) is 0 Å². The minimum atomic E-state index is 0. The molecule has 2 bridgehead atoms. The van der Waals surface area contributed by atoms with Crippen LogP contribution < -0.4 is 11.1 Å². The number of halogens is 1. The standard InChI is InChI=1S/C15H28N2OS.ClH/c1-4-15(5-2,19-3)9-17-14(18)12-10-6-7-11(8-10)13(12)16;/h10-13H,4-9,16H2,1-3H3,(H,17,18);1H. The Hall–Kier alpha value is 0.0700. The molecule has 2 rings (SSSR count). The van der Waals surface area contributed by atoms with Crippen LogP contribution in [0.4, 0.5) is 0 Å². The minimum Gasteiger partial charge on any atom is -0.354 e. The number of thioether (sulfide) groups is 1. The molecule has 0 aromatic heterocycles. The van der Waals surface area contributed by atoms with Crippen LogP contribution in [0.3, 0.4) is 0 Å². The van der Waals surface area contributed by atoms with E-state index in [0.717, 1.165) is 19.4 Å². The number of rotatable bonds is 6. The Bertz CT molecular complexity index is 326. The maximum Gasteiger partial charge on any atom is 0.225 e. The first-order valence-corrected chi connectivity index (χ1v) is 8.87. The van der Waals surface area contributed by atoms with E-state index in [0.29, 0.717) is 11.8 Å². The molecule has 1 amide bonds. The summed E-state index contributed by atoms with van der Waals surface area (Å²) in [6.45, 7) is 5.19. The van der Waals surface area contributed by atoms with Gasteiger partial charge in [0.25, 0.3) is 0 Å². The van der Waals surface area contributed by atoms with Gasteiger partial charge in [0.1, 0.15) is 0 Å². The first-order valence-electron chi connectivity index (χ1n) is 7.65. The van der Waals surface area contributed by atoms with Gasteiger partial charge >= 0.3 is 0 Å². The van der Waals surface area contributed by atoms with Crippen molar-refractivity contribution < 1.29 is 4.79 Å². The van der Waals surface area contributed by atoms with Crippen LogP contribution in [0.25, 0.3) is 0 Å². The second-order valence-electron chi connectivity index (χ2n) is 6.25. The topological polar surface area (TPSA) is 55.1 Å². The van der Waals surface area contributed by atoms with Crippen LogP contribution in [0.1, 0.15) is 46.0 Å². The third-order valence-corrected chi connectivity index (χ3v) is 7.18. The molecule has 0 aromatic carbocycles. The molecule has 2 fully saturated rings. The molecule has 3 nitrogen and oxygen atoms in total. The van der Waals surface area contributed by atoms with Crippen molar-refractivity contribution in [1.82, 2.24) is 5.32 Å². The highest BCUT2D eigenvalue weighted by Crippen LogP contribution is 2.47. The molecule has 0 aromatic rings. The Morgan fingerprint density at radius 3 is 2.35 bits per heavy atom. The lowest BCUT2D eigenvalue weighted by Gasteiger charge is -2.32.